The van der Waals surface area contributed by atoms with Gasteiger partial charge in [0.25, 0.3) is 5.91 Å². The fourth-order valence-electron chi connectivity index (χ4n) is 3.22. The normalized spacial score (nSPS) is 18.7. The molecule has 1 aromatic carbocycles. The zero-order valence-electron chi connectivity index (χ0n) is 14.9. The van der Waals surface area contributed by atoms with Crippen LogP contribution in [0.4, 0.5) is 5.69 Å². The summed E-state index contributed by atoms with van der Waals surface area (Å²) < 4.78 is 5.19. The predicted octanol–water partition coefficient (Wildman–Crippen LogP) is 3.18. The van der Waals surface area contributed by atoms with Crippen molar-refractivity contribution in [3.63, 3.8) is 0 Å². The first-order valence-corrected chi connectivity index (χ1v) is 9.28. The number of nitrogens with one attached hydrogen (secondary N) is 1. The quantitative estimate of drug-likeness (QED) is 0.738. The number of anilines is 1. The highest BCUT2D eigenvalue weighted by atomic mass is 32.1. The minimum Gasteiger partial charge on any atom is -0.497 e. The minimum absolute atomic E-state index is 0.134. The molecule has 3 aromatic rings. The predicted molar refractivity (Wildman–Crippen MR) is 103 cm³/mol. The first-order valence-electron chi connectivity index (χ1n) is 8.46. The van der Waals surface area contributed by atoms with Crippen molar-refractivity contribution in [3.8, 4) is 5.75 Å². The second kappa shape index (κ2) is 6.25. The molecule has 2 unspecified atom stereocenters. The molecule has 26 heavy (non-hydrogen) atoms. The van der Waals surface area contributed by atoms with Gasteiger partial charge in [-0.1, -0.05) is 12.1 Å². The molecule has 134 valence electrons. The Labute approximate surface area is 155 Å². The number of aromatic nitrogens is 2. The van der Waals surface area contributed by atoms with Gasteiger partial charge >= 0.3 is 0 Å². The first-order chi connectivity index (χ1) is 12.5. The molecule has 0 spiro atoms. The fourth-order valence-corrected chi connectivity index (χ4v) is 4.22. The largest absolute Gasteiger partial charge is 0.497 e. The number of fused-ring (bicyclic) bond motifs is 1. The van der Waals surface area contributed by atoms with Crippen LogP contribution < -0.4 is 15.8 Å². The summed E-state index contributed by atoms with van der Waals surface area (Å²) in [5.41, 5.74) is 9.76. The van der Waals surface area contributed by atoms with E-state index in [0.29, 0.717) is 21.3 Å². The molecule has 6 nitrogen and oxygen atoms in total. The number of thiophene rings is 1. The van der Waals surface area contributed by atoms with E-state index in [4.69, 9.17) is 10.5 Å². The van der Waals surface area contributed by atoms with Gasteiger partial charge in [0.1, 0.15) is 15.5 Å². The highest BCUT2D eigenvalue weighted by molar-refractivity contribution is 7.21. The molecule has 1 amide bonds. The van der Waals surface area contributed by atoms with E-state index in [-0.39, 0.29) is 11.9 Å². The van der Waals surface area contributed by atoms with Crippen molar-refractivity contribution < 1.29 is 9.53 Å². The lowest BCUT2D eigenvalue weighted by Gasteiger charge is -2.05. The Morgan fingerprint density at radius 2 is 2.00 bits per heavy atom. The van der Waals surface area contributed by atoms with Crippen LogP contribution in [-0.4, -0.2) is 29.3 Å². The number of aryl methyl sites for hydroxylation is 2. The SMILES string of the molecule is COc1ccc(C2CC2NC(=O)c2sc3nnc(C)c(C)c3c2N)cc1. The Bertz CT molecular complexity index is 997. The maximum Gasteiger partial charge on any atom is 0.263 e. The second-order valence-electron chi connectivity index (χ2n) is 6.63. The van der Waals surface area contributed by atoms with E-state index in [1.807, 2.05) is 38.1 Å². The first kappa shape index (κ1) is 16.8. The van der Waals surface area contributed by atoms with Crippen LogP contribution in [0, 0.1) is 13.8 Å². The number of amides is 1. The molecule has 0 saturated heterocycles. The summed E-state index contributed by atoms with van der Waals surface area (Å²) in [4.78, 5) is 13.9. The van der Waals surface area contributed by atoms with Crippen molar-refractivity contribution in [2.45, 2.75) is 32.2 Å². The number of ether oxygens (including phenoxy) is 1. The molecule has 0 bridgehead atoms. The van der Waals surface area contributed by atoms with Crippen LogP contribution in [0.5, 0.6) is 5.75 Å². The monoisotopic (exact) mass is 368 g/mol. The Hall–Kier alpha value is -2.67. The molecular formula is C19H20N4O2S. The molecule has 7 heteroatoms. The molecule has 2 aromatic heterocycles. The Balaban J connectivity index is 1.52. The van der Waals surface area contributed by atoms with Crippen molar-refractivity contribution >= 4 is 33.1 Å². The van der Waals surface area contributed by atoms with Gasteiger partial charge in [0.2, 0.25) is 0 Å². The number of hydrogen-bond acceptors (Lipinski definition) is 6. The highest BCUT2D eigenvalue weighted by Gasteiger charge is 2.40. The molecule has 0 radical (unpaired) electrons. The van der Waals surface area contributed by atoms with Crippen molar-refractivity contribution in [2.75, 3.05) is 12.8 Å². The number of benzene rings is 1. The van der Waals surface area contributed by atoms with Crippen LogP contribution >= 0.6 is 11.3 Å². The second-order valence-corrected chi connectivity index (χ2v) is 7.63. The van der Waals surface area contributed by atoms with Crippen LogP contribution in [0.25, 0.3) is 10.2 Å². The number of nitrogens with zero attached hydrogens (tertiary/aromatic N) is 2. The van der Waals surface area contributed by atoms with Gasteiger partial charge in [-0.25, -0.2) is 0 Å². The van der Waals surface area contributed by atoms with E-state index in [2.05, 4.69) is 15.5 Å². The van der Waals surface area contributed by atoms with Crippen LogP contribution in [0.2, 0.25) is 0 Å². The van der Waals surface area contributed by atoms with Gasteiger partial charge in [-0.3, -0.25) is 4.79 Å². The summed E-state index contributed by atoms with van der Waals surface area (Å²) in [5, 5.41) is 12.2. The summed E-state index contributed by atoms with van der Waals surface area (Å²) >= 11 is 1.30. The summed E-state index contributed by atoms with van der Waals surface area (Å²) in [6, 6.07) is 8.12. The number of nitrogens with two attached hydrogens (primary N) is 1. The van der Waals surface area contributed by atoms with E-state index >= 15 is 0 Å². The number of carbonyl (C=O) groups is 1. The number of rotatable bonds is 4. The van der Waals surface area contributed by atoms with Gasteiger partial charge in [0, 0.05) is 17.3 Å². The Morgan fingerprint density at radius 3 is 2.69 bits per heavy atom. The minimum atomic E-state index is -0.136. The maximum atomic E-state index is 12.7. The number of carbonyl (C=O) groups excluding carboxylic acids is 1. The van der Waals surface area contributed by atoms with Gasteiger partial charge in [0.15, 0.2) is 0 Å². The molecule has 3 N–H and O–H groups in total. The lowest BCUT2D eigenvalue weighted by atomic mass is 10.1. The van der Waals surface area contributed by atoms with E-state index in [1.165, 1.54) is 16.9 Å². The summed E-state index contributed by atoms with van der Waals surface area (Å²) in [6.45, 7) is 3.85. The molecule has 0 aliphatic heterocycles. The molecule has 1 fully saturated rings. The van der Waals surface area contributed by atoms with Gasteiger partial charge < -0.3 is 15.8 Å². The fraction of sp³-hybridized carbons (Fsp3) is 0.316. The average molecular weight is 368 g/mol. The van der Waals surface area contributed by atoms with Crippen molar-refractivity contribution in [3.05, 3.63) is 46.0 Å². The van der Waals surface area contributed by atoms with E-state index in [1.54, 1.807) is 7.11 Å². The lowest BCUT2D eigenvalue weighted by Crippen LogP contribution is -2.26. The van der Waals surface area contributed by atoms with E-state index in [0.717, 1.165) is 28.8 Å². The highest BCUT2D eigenvalue weighted by Crippen LogP contribution is 2.42. The average Bonchev–Trinajstić information content (AvgIpc) is 3.32. The maximum absolute atomic E-state index is 12.7. The molecule has 1 aliphatic rings. The Kier molecular flexibility index (Phi) is 4.03. The van der Waals surface area contributed by atoms with Crippen LogP contribution in [-0.2, 0) is 0 Å². The number of methoxy groups -OCH3 is 1. The van der Waals surface area contributed by atoms with Crippen molar-refractivity contribution in [2.24, 2.45) is 0 Å². The van der Waals surface area contributed by atoms with Crippen molar-refractivity contribution in [1.29, 1.82) is 0 Å². The van der Waals surface area contributed by atoms with Crippen LogP contribution in [0.15, 0.2) is 24.3 Å². The van der Waals surface area contributed by atoms with Gasteiger partial charge in [-0.05, 0) is 43.5 Å². The van der Waals surface area contributed by atoms with E-state index < -0.39 is 0 Å². The van der Waals surface area contributed by atoms with Gasteiger partial charge in [0.05, 0.1) is 18.5 Å². The summed E-state index contributed by atoms with van der Waals surface area (Å²) in [5.74, 6) is 1.03. The van der Waals surface area contributed by atoms with Gasteiger partial charge in [-0.15, -0.1) is 16.4 Å². The third kappa shape index (κ3) is 2.78. The zero-order chi connectivity index (χ0) is 18.4. The van der Waals surface area contributed by atoms with E-state index in [9.17, 15) is 4.79 Å². The smallest absolute Gasteiger partial charge is 0.263 e. The molecular weight excluding hydrogens is 348 g/mol. The topological polar surface area (TPSA) is 90.1 Å². The standard InChI is InChI=1S/C19H20N4O2S/c1-9-10(2)22-23-19-15(9)16(20)17(26-19)18(24)21-14-8-13(14)11-4-6-12(25-3)7-5-11/h4-7,13-14H,8,20H2,1-3H3,(H,21,24). The summed E-state index contributed by atoms with van der Waals surface area (Å²) in [7, 11) is 1.65. The molecule has 1 saturated carbocycles. The number of nitrogen functional groups attached to an aromatic ring is 1. The lowest BCUT2D eigenvalue weighted by molar-refractivity contribution is 0.0955. The van der Waals surface area contributed by atoms with Gasteiger partial charge in [-0.2, -0.15) is 5.10 Å². The molecule has 2 atom stereocenters. The summed E-state index contributed by atoms with van der Waals surface area (Å²) in [6.07, 6.45) is 0.931. The third-order valence-electron chi connectivity index (χ3n) is 4.99. The Morgan fingerprint density at radius 1 is 1.27 bits per heavy atom. The third-order valence-corrected chi connectivity index (χ3v) is 6.08. The zero-order valence-corrected chi connectivity index (χ0v) is 15.7. The van der Waals surface area contributed by atoms with Crippen LogP contribution in [0.3, 0.4) is 0 Å². The molecule has 2 heterocycles. The van der Waals surface area contributed by atoms with Crippen LogP contribution in [0.1, 0.15) is 38.8 Å². The number of hydrogen-bond donors (Lipinski definition) is 2. The van der Waals surface area contributed by atoms with Crippen molar-refractivity contribution in [1.82, 2.24) is 15.5 Å². The molecule has 4 rings (SSSR count). The molecule has 1 aliphatic carbocycles.